The molecule has 0 spiro atoms. The molecule has 0 aliphatic carbocycles. The quantitative estimate of drug-likeness (QED) is 0.0266. The molecule has 13 N–H and O–H groups in total. The second-order valence-corrected chi connectivity index (χ2v) is 27.0. The number of esters is 1. The number of phenolic OH excluding ortho intramolecular Hbond substituents is 3. The first-order valence-corrected chi connectivity index (χ1v) is 32.8. The predicted molar refractivity (Wildman–Crippen MR) is 328 cm³/mol. The second-order valence-electron chi connectivity index (χ2n) is 24.0. The van der Waals surface area contributed by atoms with Crippen LogP contribution in [0.1, 0.15) is 76.2 Å². The Kier molecular flexibility index (Phi) is 21.7. The Hall–Kier alpha value is -6.79. The normalized spacial score (nSPS) is 34.1. The summed E-state index contributed by atoms with van der Waals surface area (Å²) in [5.74, 6) is -10.5. The van der Waals surface area contributed by atoms with Gasteiger partial charge < -0.3 is 99.7 Å². The van der Waals surface area contributed by atoms with Crippen molar-refractivity contribution in [1.82, 2.24) is 29.4 Å². The molecular formula is C58H79N9O25P2. The van der Waals surface area contributed by atoms with Crippen molar-refractivity contribution >= 4 is 73.0 Å². The third-order valence-electron chi connectivity index (χ3n) is 17.4. The number of ether oxygens (including phenoxy) is 7. The summed E-state index contributed by atoms with van der Waals surface area (Å²) in [7, 11) is -7.96. The Morgan fingerprint density at radius 2 is 1.48 bits per heavy atom. The van der Waals surface area contributed by atoms with Crippen molar-refractivity contribution in [2.24, 2.45) is 28.8 Å². The summed E-state index contributed by atoms with van der Waals surface area (Å²) in [6.45, 7) is 11.8. The predicted octanol–water partition coefficient (Wildman–Crippen LogP) is 2.10. The number of nitrogens with one attached hydrogen (secondary N) is 1. The van der Waals surface area contributed by atoms with E-state index in [0.29, 0.717) is 26.2 Å². The average molecular weight is 1360 g/mol. The Labute approximate surface area is 537 Å². The molecule has 516 valence electrons. The van der Waals surface area contributed by atoms with Gasteiger partial charge in [0.25, 0.3) is 11.7 Å². The number of hydrazone groups is 1. The highest BCUT2D eigenvalue weighted by Crippen LogP contribution is 2.61. The van der Waals surface area contributed by atoms with Crippen LogP contribution in [0.15, 0.2) is 53.9 Å². The first-order chi connectivity index (χ1) is 44.2. The van der Waals surface area contributed by atoms with Crippen LogP contribution in [0.5, 0.6) is 23.0 Å². The van der Waals surface area contributed by atoms with Crippen molar-refractivity contribution in [2.75, 3.05) is 64.6 Å². The van der Waals surface area contributed by atoms with Gasteiger partial charge in [-0.3, -0.25) is 33.0 Å². The minimum absolute atomic E-state index is 0.00411. The van der Waals surface area contributed by atoms with Crippen molar-refractivity contribution in [3.63, 3.8) is 0 Å². The number of anilines is 2. The number of carbonyl (C=O) groups excluding carboxylic acids is 3. The van der Waals surface area contributed by atoms with E-state index in [0.717, 1.165) is 19.5 Å². The van der Waals surface area contributed by atoms with E-state index in [9.17, 15) is 74.2 Å². The van der Waals surface area contributed by atoms with Gasteiger partial charge in [-0.15, -0.1) is 0 Å². The molecule has 6 aliphatic heterocycles. The summed E-state index contributed by atoms with van der Waals surface area (Å²) >= 11 is 0. The van der Waals surface area contributed by atoms with E-state index >= 15 is 0 Å². The summed E-state index contributed by atoms with van der Waals surface area (Å²) in [5, 5.41) is 101. The van der Waals surface area contributed by atoms with E-state index in [1.165, 1.54) is 63.2 Å². The standard InChI is InChI=1S/C58H79N9O25P2/c1-25-12-11-13-26(2)55(78)64-39-32(20-63-66-17-15-65(9)16-18-66)43(71)36-37(46(39)74)42(70)30(6)51-38(36)52(77)58(8,91-51)84-19-14-33(83-10)27(3)50(87-31(7)68)29(5)41(69)28(4)49(25)90-57-48(76)45(73)35(89-57)22-86-94(81,82)92-93(79,80)85-21-34-44(72)47(75)56(88-34)67-24-62-40-53(59)60-23-61-54(40)67/h11-14,19-20,23-25,27-29,33-35,41,44-45,47-50,56-57,69-76H,15-18,21-22H2,1-10H3,(H,64,78)(H,79,80)(H,81,82)(H2,59,60,61)/b12-11+,19-14+,26-13-,63-20+/t25-,27+,28-,29+,33-,34+,35+,41+,44+,45+,47+,48+,49-,50+,56+,57+,58-/m0/s1. The number of likely N-dealkylation sites (N-methyl/N-ethyl adjacent to an activating group) is 1. The van der Waals surface area contributed by atoms with Crippen molar-refractivity contribution in [2.45, 2.75) is 135 Å². The SMILES string of the molecule is CO[C@H]1/C=C/O[C@@]2(C)Oc3c(C)c(O)c4c(O)c(c(/C=N/N5CCN(C)CC5)c(O)c4c3C2=O)NC(=O)/C(C)=C\C=C\[C@H](C)[C@H](O[C@H]2O[C@H](COP(=O)(O)OP(=O)(O)OC[C@H]3O[C@@H](n4cnc5c(N)ncnc54)[C@H](O)[C@@H]3O)[C@@H](O)[C@H]2O)[C@@H](C)[C@@H](O)[C@@H](C)[C@H](OC(C)=O)[C@@H]1C. The average Bonchev–Trinajstić information content (AvgIpc) is 1.44. The largest absolute Gasteiger partial charge is 0.507 e. The number of fused-ring (bicyclic) bond motifs is 15. The van der Waals surface area contributed by atoms with Gasteiger partial charge in [0.2, 0.25) is 0 Å². The lowest BCUT2D eigenvalue weighted by atomic mass is 9.78. The minimum atomic E-state index is -5.65. The highest BCUT2D eigenvalue weighted by Gasteiger charge is 2.52. The molecule has 1 amide bonds. The van der Waals surface area contributed by atoms with E-state index < -0.39 is 178 Å². The third-order valence-corrected chi connectivity index (χ3v) is 20.0. The molecule has 6 aliphatic rings. The van der Waals surface area contributed by atoms with E-state index in [1.807, 2.05) is 7.05 Å². The van der Waals surface area contributed by atoms with E-state index in [2.05, 4.69) is 34.6 Å². The maximum absolute atomic E-state index is 14.7. The van der Waals surface area contributed by atoms with Gasteiger partial charge in [-0.05, 0) is 27.0 Å². The fraction of sp³-hybridized carbons (Fsp3) is 0.569. The van der Waals surface area contributed by atoms with Gasteiger partial charge >= 0.3 is 27.4 Å². The molecule has 10 rings (SSSR count). The highest BCUT2D eigenvalue weighted by molar-refractivity contribution is 7.61. The van der Waals surface area contributed by atoms with Crippen molar-refractivity contribution in [3.05, 3.63) is 65.5 Å². The molecule has 8 heterocycles. The van der Waals surface area contributed by atoms with Crippen molar-refractivity contribution < 1.29 is 121 Å². The fourth-order valence-corrected chi connectivity index (χ4v) is 14.0. The molecule has 36 heteroatoms. The van der Waals surface area contributed by atoms with Gasteiger partial charge in [0.05, 0.1) is 72.5 Å². The van der Waals surface area contributed by atoms with Crippen molar-refractivity contribution in [3.8, 4) is 23.0 Å². The number of allylic oxidation sites excluding steroid dienone is 2. The number of imidazole rings is 1. The minimum Gasteiger partial charge on any atom is -0.507 e. The highest BCUT2D eigenvalue weighted by atomic mass is 31.3. The third kappa shape index (κ3) is 14.6. The number of phosphoric ester groups is 2. The van der Waals surface area contributed by atoms with Crippen LogP contribution in [0.2, 0.25) is 0 Å². The number of Topliss-reactive ketones (excluding diaryl/α,β-unsaturated/α-hetero) is 1. The number of nitrogens with two attached hydrogens (primary N) is 1. The number of ketones is 1. The number of nitrogen functional groups attached to an aromatic ring is 1. The number of methoxy groups -OCH3 is 1. The fourth-order valence-electron chi connectivity index (χ4n) is 11.9. The summed E-state index contributed by atoms with van der Waals surface area (Å²) < 4.78 is 83.6. The molecular weight excluding hydrogens is 1280 g/mol. The Morgan fingerprint density at radius 1 is 0.840 bits per heavy atom. The number of hydrogen-bond donors (Lipinski definition) is 12. The number of rotatable bonds is 15. The Bertz CT molecular complexity index is 3730. The zero-order valence-electron chi connectivity index (χ0n) is 52.8. The van der Waals surface area contributed by atoms with Gasteiger partial charge in [0, 0.05) is 87.3 Å². The number of benzene rings is 2. The number of hydrogen-bond acceptors (Lipinski definition) is 30. The monoisotopic (exact) mass is 1360 g/mol. The maximum Gasteiger partial charge on any atom is 0.481 e. The number of amides is 1. The van der Waals surface area contributed by atoms with Gasteiger partial charge in [-0.1, -0.05) is 45.9 Å². The lowest BCUT2D eigenvalue weighted by molar-refractivity contribution is -0.219. The molecule has 0 radical (unpaired) electrons. The molecule has 94 heavy (non-hydrogen) atoms. The van der Waals surface area contributed by atoms with Gasteiger partial charge in [0.1, 0.15) is 71.8 Å². The summed E-state index contributed by atoms with van der Waals surface area (Å²) in [4.78, 5) is 77.1. The lowest BCUT2D eigenvalue weighted by Crippen LogP contribution is -2.48. The van der Waals surface area contributed by atoms with E-state index in [-0.39, 0.29) is 50.4 Å². The van der Waals surface area contributed by atoms with E-state index in [1.54, 1.807) is 38.8 Å². The number of phosphoric acid groups is 2. The van der Waals surface area contributed by atoms with Crippen LogP contribution in [0.4, 0.5) is 11.5 Å². The van der Waals surface area contributed by atoms with Gasteiger partial charge in [-0.25, -0.2) is 24.1 Å². The first-order valence-electron chi connectivity index (χ1n) is 29.8. The summed E-state index contributed by atoms with van der Waals surface area (Å²) in [6, 6.07) is 0. The molecule has 3 saturated heterocycles. The van der Waals surface area contributed by atoms with Crippen LogP contribution < -0.4 is 15.8 Å². The molecule has 19 atom stereocenters. The number of nitrogens with zero attached hydrogens (tertiary/aromatic N) is 7. The Morgan fingerprint density at radius 3 is 2.13 bits per heavy atom. The molecule has 2 unspecified atom stereocenters. The molecule has 3 fully saturated rings. The summed E-state index contributed by atoms with van der Waals surface area (Å²) in [6.07, 6.45) is -8.25. The molecule has 4 aromatic rings. The van der Waals surface area contributed by atoms with Crippen LogP contribution in [-0.2, 0) is 60.5 Å². The van der Waals surface area contributed by atoms with Gasteiger partial charge in [0.15, 0.2) is 29.7 Å². The van der Waals surface area contributed by atoms with Crippen LogP contribution in [0.25, 0.3) is 21.9 Å². The van der Waals surface area contributed by atoms with Gasteiger partial charge in [-0.2, -0.15) is 9.41 Å². The molecule has 2 aromatic carbocycles. The number of piperazine rings is 1. The first kappa shape index (κ1) is 71.5. The number of aromatic hydroxyl groups is 3. The number of carbonyl (C=O) groups is 3. The topological polar surface area (TPSA) is 480 Å². The van der Waals surface area contributed by atoms with Crippen LogP contribution >= 0.6 is 15.6 Å². The van der Waals surface area contributed by atoms with Crippen LogP contribution in [0.3, 0.4) is 0 Å². The second kappa shape index (κ2) is 28.5. The smallest absolute Gasteiger partial charge is 0.481 e. The lowest BCUT2D eigenvalue weighted by Gasteiger charge is -2.39. The van der Waals surface area contributed by atoms with E-state index in [4.69, 9.17) is 47.9 Å². The Balaban J connectivity index is 0.974. The zero-order chi connectivity index (χ0) is 68.8. The number of aromatic nitrogens is 4. The molecule has 2 aromatic heterocycles. The number of aliphatic hydroxyl groups excluding tert-OH is 5. The number of phenols is 3. The number of aliphatic hydroxyl groups is 5. The molecule has 5 bridgehead atoms. The maximum atomic E-state index is 14.7. The van der Waals surface area contributed by atoms with Crippen molar-refractivity contribution in [1.29, 1.82) is 0 Å². The molecule has 0 saturated carbocycles. The summed E-state index contributed by atoms with van der Waals surface area (Å²) in [5.41, 5.74) is 5.17. The zero-order valence-corrected chi connectivity index (χ0v) is 54.6. The van der Waals surface area contributed by atoms with Crippen LogP contribution in [-0.4, -0.2) is 231 Å². The molecule has 34 nitrogen and oxygen atoms in total. The van der Waals surface area contributed by atoms with Crippen LogP contribution in [0, 0.1) is 30.6 Å².